The molecular formula is C10H10N2O2S. The van der Waals surface area contributed by atoms with Crippen LogP contribution in [-0.4, -0.2) is 5.91 Å². The number of hydrogen-bond acceptors (Lipinski definition) is 3. The molecule has 0 unspecified atom stereocenters. The van der Waals surface area contributed by atoms with Gasteiger partial charge in [0.25, 0.3) is 0 Å². The number of fused-ring (bicyclic) bond motifs is 1. The molecule has 0 fully saturated rings. The van der Waals surface area contributed by atoms with Gasteiger partial charge in [0.1, 0.15) is 4.70 Å². The molecule has 0 aliphatic heterocycles. The number of pyridine rings is 1. The van der Waals surface area contributed by atoms with Crippen molar-refractivity contribution in [1.82, 2.24) is 0 Å². The normalized spacial score (nSPS) is 10.5. The van der Waals surface area contributed by atoms with E-state index in [0.29, 0.717) is 5.69 Å². The summed E-state index contributed by atoms with van der Waals surface area (Å²) in [5.41, 5.74) is 1.43. The van der Waals surface area contributed by atoms with Crippen LogP contribution in [0.5, 0.6) is 0 Å². The Labute approximate surface area is 90.7 Å². The molecule has 4 nitrogen and oxygen atoms in total. The Morgan fingerprint density at radius 2 is 2.33 bits per heavy atom. The van der Waals surface area contributed by atoms with Gasteiger partial charge in [-0.2, -0.15) is 4.73 Å². The number of amides is 1. The van der Waals surface area contributed by atoms with Gasteiger partial charge < -0.3 is 10.5 Å². The third kappa shape index (κ3) is 1.66. The van der Waals surface area contributed by atoms with Crippen LogP contribution >= 0.6 is 11.3 Å². The number of aromatic nitrogens is 1. The highest BCUT2D eigenvalue weighted by atomic mass is 32.1. The van der Waals surface area contributed by atoms with Crippen molar-refractivity contribution >= 4 is 33.0 Å². The maximum Gasteiger partial charge on any atom is 0.221 e. The lowest BCUT2D eigenvalue weighted by Crippen LogP contribution is -2.28. The van der Waals surface area contributed by atoms with Crippen LogP contribution < -0.4 is 10.0 Å². The first kappa shape index (κ1) is 9.92. The van der Waals surface area contributed by atoms with Gasteiger partial charge in [-0.3, -0.25) is 4.79 Å². The first-order valence-electron chi connectivity index (χ1n) is 4.47. The summed E-state index contributed by atoms with van der Waals surface area (Å²) in [6.07, 6.45) is 1.45. The number of rotatable bonds is 1. The maximum atomic E-state index is 11.3. The molecule has 0 bridgehead atoms. The SMILES string of the molecule is CC(=O)Nc1csc2c(C)[n+]([O-])ccc12. The number of aryl methyl sites for hydroxylation is 1. The molecular weight excluding hydrogens is 212 g/mol. The molecule has 2 heterocycles. The van der Waals surface area contributed by atoms with Gasteiger partial charge in [-0.05, 0) is 0 Å². The number of nitrogens with zero attached hydrogens (tertiary/aromatic N) is 1. The smallest absolute Gasteiger partial charge is 0.221 e. The lowest BCUT2D eigenvalue weighted by Gasteiger charge is -2.02. The van der Waals surface area contributed by atoms with E-state index < -0.39 is 0 Å². The first-order chi connectivity index (χ1) is 7.09. The summed E-state index contributed by atoms with van der Waals surface area (Å²) in [5, 5.41) is 16.8. The van der Waals surface area contributed by atoms with E-state index in [-0.39, 0.29) is 5.91 Å². The van der Waals surface area contributed by atoms with E-state index in [1.54, 1.807) is 13.0 Å². The van der Waals surface area contributed by atoms with Crippen LogP contribution in [-0.2, 0) is 4.79 Å². The summed E-state index contributed by atoms with van der Waals surface area (Å²) < 4.78 is 1.74. The van der Waals surface area contributed by atoms with Crippen LogP contribution in [0.4, 0.5) is 5.69 Å². The molecule has 0 radical (unpaired) electrons. The van der Waals surface area contributed by atoms with Crippen LogP contribution in [0.2, 0.25) is 0 Å². The molecule has 0 saturated heterocycles. The molecule has 2 aromatic heterocycles. The Morgan fingerprint density at radius 1 is 1.60 bits per heavy atom. The van der Waals surface area contributed by atoms with E-state index in [2.05, 4.69) is 5.32 Å². The van der Waals surface area contributed by atoms with Gasteiger partial charge in [-0.25, -0.2) is 0 Å². The van der Waals surface area contributed by atoms with Crippen molar-refractivity contribution in [3.8, 4) is 0 Å². The summed E-state index contributed by atoms with van der Waals surface area (Å²) in [6.45, 7) is 3.23. The molecule has 2 aromatic rings. The molecule has 2 rings (SSSR count). The molecule has 78 valence electrons. The predicted octanol–water partition coefficient (Wildman–Crippen LogP) is 1.80. The maximum absolute atomic E-state index is 11.3. The van der Waals surface area contributed by atoms with Crippen LogP contribution in [0.25, 0.3) is 10.1 Å². The number of anilines is 1. The molecule has 1 amide bonds. The summed E-state index contributed by atoms with van der Waals surface area (Å²) >= 11 is 1.46. The van der Waals surface area contributed by atoms with Crippen molar-refractivity contribution in [2.45, 2.75) is 13.8 Å². The highest BCUT2D eigenvalue weighted by Gasteiger charge is 2.12. The number of carbonyl (C=O) groups excluding carboxylic acids is 1. The summed E-state index contributed by atoms with van der Waals surface area (Å²) in [5.74, 6) is -0.105. The minimum absolute atomic E-state index is 0.105. The van der Waals surface area contributed by atoms with Crippen LogP contribution in [0.3, 0.4) is 0 Å². The van der Waals surface area contributed by atoms with Gasteiger partial charge in [-0.1, -0.05) is 0 Å². The summed E-state index contributed by atoms with van der Waals surface area (Å²) in [7, 11) is 0. The third-order valence-corrected chi connectivity index (χ3v) is 3.28. The van der Waals surface area contributed by atoms with Crippen molar-refractivity contribution < 1.29 is 9.52 Å². The van der Waals surface area contributed by atoms with E-state index >= 15 is 0 Å². The van der Waals surface area contributed by atoms with Crippen molar-refractivity contribution in [2.75, 3.05) is 5.32 Å². The standard InChI is InChI=1S/C10H10N2O2S/c1-6-10-8(3-4-12(6)14)9(5-15-10)11-7(2)13/h3-5H,1-2H3,(H,11,13). The fraction of sp³-hybridized carbons (Fsp3) is 0.200. The van der Waals surface area contributed by atoms with Crippen molar-refractivity contribution in [3.05, 3.63) is 28.5 Å². The van der Waals surface area contributed by atoms with Gasteiger partial charge in [0.2, 0.25) is 11.6 Å². The quantitative estimate of drug-likeness (QED) is 0.591. The number of hydrogen-bond donors (Lipinski definition) is 1. The van der Waals surface area contributed by atoms with E-state index in [1.807, 2.05) is 5.38 Å². The fourth-order valence-corrected chi connectivity index (χ4v) is 2.44. The molecule has 0 saturated carbocycles. The van der Waals surface area contributed by atoms with E-state index in [4.69, 9.17) is 0 Å². The zero-order valence-electron chi connectivity index (χ0n) is 8.40. The second-order valence-corrected chi connectivity index (χ2v) is 4.18. The Morgan fingerprint density at radius 3 is 3.00 bits per heavy atom. The number of carbonyl (C=O) groups is 1. The predicted molar refractivity (Wildman–Crippen MR) is 59.8 cm³/mol. The van der Waals surface area contributed by atoms with Gasteiger partial charge in [0.15, 0.2) is 6.20 Å². The molecule has 1 N–H and O–H groups in total. The third-order valence-electron chi connectivity index (χ3n) is 2.18. The Bertz CT molecular complexity index is 533. The lowest BCUT2D eigenvalue weighted by molar-refractivity contribution is -0.610. The summed E-state index contributed by atoms with van der Waals surface area (Å²) in [4.78, 5) is 10.9. The van der Waals surface area contributed by atoms with Crippen molar-refractivity contribution in [2.24, 2.45) is 0 Å². The zero-order chi connectivity index (χ0) is 11.0. The topological polar surface area (TPSA) is 56.0 Å². The minimum atomic E-state index is -0.105. The Kier molecular flexibility index (Phi) is 2.32. The van der Waals surface area contributed by atoms with Crippen molar-refractivity contribution in [3.63, 3.8) is 0 Å². The molecule has 15 heavy (non-hydrogen) atoms. The molecule has 5 heteroatoms. The van der Waals surface area contributed by atoms with E-state index in [9.17, 15) is 10.0 Å². The lowest BCUT2D eigenvalue weighted by atomic mass is 10.2. The molecule has 0 aliphatic rings. The molecule has 0 atom stereocenters. The van der Waals surface area contributed by atoms with Gasteiger partial charge >= 0.3 is 0 Å². The highest BCUT2D eigenvalue weighted by Crippen LogP contribution is 2.30. The largest absolute Gasteiger partial charge is 0.618 e. The van der Waals surface area contributed by atoms with Crippen LogP contribution in [0.1, 0.15) is 12.6 Å². The zero-order valence-corrected chi connectivity index (χ0v) is 9.22. The van der Waals surface area contributed by atoms with Gasteiger partial charge in [0, 0.05) is 30.7 Å². The average molecular weight is 222 g/mol. The van der Waals surface area contributed by atoms with E-state index in [0.717, 1.165) is 20.5 Å². The average Bonchev–Trinajstić information content (AvgIpc) is 2.55. The molecule has 0 spiro atoms. The van der Waals surface area contributed by atoms with Gasteiger partial charge in [-0.15, -0.1) is 11.3 Å². The monoisotopic (exact) mass is 222 g/mol. The molecule has 0 aliphatic carbocycles. The van der Waals surface area contributed by atoms with Crippen molar-refractivity contribution in [1.29, 1.82) is 0 Å². The van der Waals surface area contributed by atoms with E-state index in [1.165, 1.54) is 24.5 Å². The Hall–Kier alpha value is -1.62. The minimum Gasteiger partial charge on any atom is -0.618 e. The second kappa shape index (κ2) is 3.51. The van der Waals surface area contributed by atoms with Gasteiger partial charge in [0.05, 0.1) is 5.69 Å². The van der Waals surface area contributed by atoms with Crippen LogP contribution in [0.15, 0.2) is 17.6 Å². The van der Waals surface area contributed by atoms with Crippen LogP contribution in [0, 0.1) is 12.1 Å². The molecule has 0 aromatic carbocycles. The number of nitrogens with one attached hydrogen (secondary N) is 1. The Balaban J connectivity index is 2.61. The highest BCUT2D eigenvalue weighted by molar-refractivity contribution is 7.18. The fourth-order valence-electron chi connectivity index (χ4n) is 1.45. The second-order valence-electron chi connectivity index (χ2n) is 3.30. The summed E-state index contributed by atoms with van der Waals surface area (Å²) in [6, 6.07) is 1.72. The number of thiophene rings is 1. The first-order valence-corrected chi connectivity index (χ1v) is 5.35.